The predicted octanol–water partition coefficient (Wildman–Crippen LogP) is 3.30. The molecule has 21 heavy (non-hydrogen) atoms. The van der Waals surface area contributed by atoms with Crippen LogP contribution in [0.3, 0.4) is 0 Å². The highest BCUT2D eigenvalue weighted by Crippen LogP contribution is 2.36. The first-order chi connectivity index (χ1) is 9.46. The summed E-state index contributed by atoms with van der Waals surface area (Å²) >= 11 is 0. The Bertz CT molecular complexity index is 560. The lowest BCUT2D eigenvalue weighted by Gasteiger charge is -2.36. The van der Waals surface area contributed by atoms with E-state index in [2.05, 4.69) is 38.6 Å². The van der Waals surface area contributed by atoms with Crippen LogP contribution in [0.5, 0.6) is 0 Å². The molecule has 0 bridgehead atoms. The van der Waals surface area contributed by atoms with E-state index in [1.165, 1.54) is 0 Å². The van der Waals surface area contributed by atoms with E-state index in [9.17, 15) is 8.42 Å². The molecule has 0 aliphatic heterocycles. The smallest absolute Gasteiger partial charge is 0.240 e. The van der Waals surface area contributed by atoms with E-state index in [4.69, 9.17) is 4.43 Å². The van der Waals surface area contributed by atoms with E-state index >= 15 is 0 Å². The molecule has 0 saturated carbocycles. The van der Waals surface area contributed by atoms with Crippen LogP contribution in [0.2, 0.25) is 18.1 Å². The summed E-state index contributed by atoms with van der Waals surface area (Å²) in [5.41, 5.74) is 1.04. The van der Waals surface area contributed by atoms with Crippen LogP contribution in [0, 0.1) is 6.92 Å². The van der Waals surface area contributed by atoms with Gasteiger partial charge >= 0.3 is 0 Å². The van der Waals surface area contributed by atoms with Crippen LogP contribution in [0.15, 0.2) is 29.2 Å². The molecule has 0 spiro atoms. The largest absolute Gasteiger partial charge is 0.415 e. The number of aryl methyl sites for hydroxylation is 1. The molecule has 1 aromatic carbocycles. The summed E-state index contributed by atoms with van der Waals surface area (Å²) in [6.07, 6.45) is 0. The van der Waals surface area contributed by atoms with Crippen molar-refractivity contribution in [3.8, 4) is 0 Å². The first kappa shape index (κ1) is 18.4. The molecule has 0 aromatic heterocycles. The van der Waals surface area contributed by atoms with Gasteiger partial charge in [-0.15, -0.1) is 0 Å². The van der Waals surface area contributed by atoms with Crippen molar-refractivity contribution in [2.75, 3.05) is 13.2 Å². The van der Waals surface area contributed by atoms with Crippen molar-refractivity contribution >= 4 is 18.3 Å². The van der Waals surface area contributed by atoms with Gasteiger partial charge in [0.25, 0.3) is 0 Å². The standard InChI is InChI=1S/C15H27NO3SSi/c1-13-7-9-14(10-8-13)20(17,18)16-11-12-19-21(5,6)15(2,3)4/h7-10,16H,11-12H2,1-6H3. The molecule has 0 unspecified atom stereocenters. The van der Waals surface area contributed by atoms with E-state index in [1.54, 1.807) is 24.3 Å². The molecular formula is C15H27NO3SSi. The van der Waals surface area contributed by atoms with Gasteiger partial charge in [0.2, 0.25) is 10.0 Å². The second-order valence-electron chi connectivity index (χ2n) is 6.82. The Morgan fingerprint density at radius 2 is 1.67 bits per heavy atom. The van der Waals surface area contributed by atoms with Crippen LogP contribution >= 0.6 is 0 Å². The van der Waals surface area contributed by atoms with Crippen molar-refractivity contribution in [1.82, 2.24) is 4.72 Å². The molecule has 0 heterocycles. The van der Waals surface area contributed by atoms with Crippen LogP contribution in [-0.4, -0.2) is 29.9 Å². The van der Waals surface area contributed by atoms with Crippen LogP contribution in [-0.2, 0) is 14.4 Å². The summed E-state index contributed by atoms with van der Waals surface area (Å²) in [4.78, 5) is 0.292. The Labute approximate surface area is 130 Å². The monoisotopic (exact) mass is 329 g/mol. The molecule has 0 aliphatic carbocycles. The van der Waals surface area contributed by atoms with Crippen molar-refractivity contribution in [1.29, 1.82) is 0 Å². The fourth-order valence-electron chi connectivity index (χ4n) is 1.50. The lowest BCUT2D eigenvalue weighted by Crippen LogP contribution is -2.42. The molecule has 0 aliphatic rings. The van der Waals surface area contributed by atoms with Gasteiger partial charge in [0.1, 0.15) is 0 Å². The Balaban J connectivity index is 2.54. The van der Waals surface area contributed by atoms with E-state index in [1.807, 2.05) is 6.92 Å². The average molecular weight is 330 g/mol. The van der Waals surface area contributed by atoms with Crippen molar-refractivity contribution < 1.29 is 12.8 Å². The SMILES string of the molecule is Cc1ccc(S(=O)(=O)NCCO[Si](C)(C)C(C)(C)C)cc1. The van der Waals surface area contributed by atoms with Gasteiger partial charge in [-0.25, -0.2) is 13.1 Å². The number of nitrogens with one attached hydrogen (secondary N) is 1. The number of sulfonamides is 1. The normalized spacial score (nSPS) is 13.4. The Morgan fingerprint density at radius 3 is 2.14 bits per heavy atom. The number of hydrogen-bond donors (Lipinski definition) is 1. The fraction of sp³-hybridized carbons (Fsp3) is 0.600. The molecule has 1 rings (SSSR count). The van der Waals surface area contributed by atoms with Gasteiger partial charge in [0.05, 0.1) is 4.90 Å². The minimum atomic E-state index is -3.44. The van der Waals surface area contributed by atoms with Gasteiger partial charge in [-0.1, -0.05) is 38.5 Å². The molecule has 0 atom stereocenters. The summed E-state index contributed by atoms with van der Waals surface area (Å²) in [7, 11) is -5.27. The Hall–Kier alpha value is -0.693. The van der Waals surface area contributed by atoms with Crippen LogP contribution in [0.1, 0.15) is 26.3 Å². The van der Waals surface area contributed by atoms with Gasteiger partial charge in [0.15, 0.2) is 8.32 Å². The second kappa shape index (κ2) is 6.60. The lowest BCUT2D eigenvalue weighted by atomic mass is 10.2. The third-order valence-electron chi connectivity index (χ3n) is 3.99. The molecule has 0 amide bonds. The predicted molar refractivity (Wildman–Crippen MR) is 89.5 cm³/mol. The zero-order valence-corrected chi connectivity index (χ0v) is 15.7. The summed E-state index contributed by atoms with van der Waals surface area (Å²) in [6.45, 7) is 13.4. The summed E-state index contributed by atoms with van der Waals surface area (Å²) in [5, 5.41) is 0.128. The third-order valence-corrected chi connectivity index (χ3v) is 10.0. The van der Waals surface area contributed by atoms with Crippen molar-refractivity contribution in [3.63, 3.8) is 0 Å². The minimum Gasteiger partial charge on any atom is -0.415 e. The zero-order chi connectivity index (χ0) is 16.3. The second-order valence-corrected chi connectivity index (χ2v) is 13.4. The van der Waals surface area contributed by atoms with Crippen LogP contribution < -0.4 is 4.72 Å². The number of rotatable bonds is 6. The highest BCUT2D eigenvalue weighted by Gasteiger charge is 2.36. The molecule has 0 radical (unpaired) electrons. The van der Waals surface area contributed by atoms with Crippen LogP contribution in [0.25, 0.3) is 0 Å². The fourth-order valence-corrected chi connectivity index (χ4v) is 3.56. The quantitative estimate of drug-likeness (QED) is 0.643. The summed E-state index contributed by atoms with van der Waals surface area (Å²) < 4.78 is 32.8. The summed E-state index contributed by atoms with van der Waals surface area (Å²) in [6, 6.07) is 6.82. The van der Waals surface area contributed by atoms with Crippen molar-refractivity contribution in [2.24, 2.45) is 0 Å². The number of benzene rings is 1. The molecule has 4 nitrogen and oxygen atoms in total. The van der Waals surface area contributed by atoms with E-state index in [-0.39, 0.29) is 5.04 Å². The van der Waals surface area contributed by atoms with E-state index in [0.29, 0.717) is 18.0 Å². The highest BCUT2D eigenvalue weighted by atomic mass is 32.2. The Kier molecular flexibility index (Phi) is 5.77. The minimum absolute atomic E-state index is 0.128. The average Bonchev–Trinajstić information content (AvgIpc) is 2.34. The molecule has 6 heteroatoms. The highest BCUT2D eigenvalue weighted by molar-refractivity contribution is 7.89. The molecule has 1 N–H and O–H groups in total. The number of hydrogen-bond acceptors (Lipinski definition) is 3. The zero-order valence-electron chi connectivity index (χ0n) is 13.9. The first-order valence-electron chi connectivity index (χ1n) is 7.16. The van der Waals surface area contributed by atoms with Crippen molar-refractivity contribution in [2.45, 2.75) is 50.7 Å². The van der Waals surface area contributed by atoms with E-state index < -0.39 is 18.3 Å². The van der Waals surface area contributed by atoms with Gasteiger partial charge in [-0.2, -0.15) is 0 Å². The maximum absolute atomic E-state index is 12.1. The van der Waals surface area contributed by atoms with Gasteiger partial charge in [-0.05, 0) is 37.2 Å². The van der Waals surface area contributed by atoms with E-state index in [0.717, 1.165) is 5.56 Å². The molecular weight excluding hydrogens is 302 g/mol. The van der Waals surface area contributed by atoms with Gasteiger partial charge in [-0.3, -0.25) is 0 Å². The lowest BCUT2D eigenvalue weighted by molar-refractivity contribution is 0.293. The Morgan fingerprint density at radius 1 is 1.14 bits per heavy atom. The maximum atomic E-state index is 12.1. The third kappa shape index (κ3) is 5.21. The van der Waals surface area contributed by atoms with Crippen LogP contribution in [0.4, 0.5) is 0 Å². The molecule has 0 fully saturated rings. The van der Waals surface area contributed by atoms with Crippen molar-refractivity contribution in [3.05, 3.63) is 29.8 Å². The molecule has 0 saturated heterocycles. The topological polar surface area (TPSA) is 55.4 Å². The van der Waals surface area contributed by atoms with Gasteiger partial charge < -0.3 is 4.43 Å². The molecule has 120 valence electrons. The first-order valence-corrected chi connectivity index (χ1v) is 11.6. The molecule has 1 aromatic rings. The summed E-state index contributed by atoms with van der Waals surface area (Å²) in [5.74, 6) is 0. The van der Waals surface area contributed by atoms with Gasteiger partial charge in [0, 0.05) is 13.2 Å². The maximum Gasteiger partial charge on any atom is 0.240 e.